The maximum Gasteiger partial charge on any atom is 0.410 e. The van der Waals surface area contributed by atoms with E-state index in [0.717, 1.165) is 11.0 Å². The summed E-state index contributed by atoms with van der Waals surface area (Å²) < 4.78 is 6.34. The molecule has 0 rings (SSSR count). The molecule has 2 unspecified atom stereocenters. The van der Waals surface area contributed by atoms with Crippen molar-refractivity contribution in [2.24, 2.45) is 5.92 Å². The Hall–Kier alpha value is -0.660. The van der Waals surface area contributed by atoms with Gasteiger partial charge < -0.3 is 19.8 Å². The zero-order valence-corrected chi connectivity index (χ0v) is 20.8. The fraction of sp³-hybridized carbons (Fsp3) is 0.588. The maximum absolute atomic E-state index is 12.7. The van der Waals surface area contributed by atoms with Gasteiger partial charge in [-0.05, 0) is 26.8 Å². The zero-order valence-electron chi connectivity index (χ0n) is 16.3. The molecule has 2 atom stereocenters. The molecule has 7 nitrogen and oxygen atoms in total. The van der Waals surface area contributed by atoms with Crippen molar-refractivity contribution in [2.75, 3.05) is 13.1 Å². The summed E-state index contributed by atoms with van der Waals surface area (Å²) in [6.07, 6.45) is 0.394. The number of ether oxygens (including phenoxy) is 2. The lowest BCUT2D eigenvalue weighted by atomic mass is 10.0. The lowest BCUT2D eigenvalue weighted by Crippen LogP contribution is -2.46. The largest absolute Gasteiger partial charge is 0.469 e. The molecule has 2 N–H and O–H groups in total. The van der Waals surface area contributed by atoms with Crippen molar-refractivity contribution in [3.8, 4) is 0 Å². The number of alkyl halides is 6. The van der Waals surface area contributed by atoms with Gasteiger partial charge in [-0.3, -0.25) is 5.41 Å². The quantitative estimate of drug-likeness (QED) is 0.138. The van der Waals surface area contributed by atoms with Crippen LogP contribution in [0.1, 0.15) is 20.8 Å². The van der Waals surface area contributed by atoms with Crippen molar-refractivity contribution in [2.45, 2.75) is 40.1 Å². The number of hydrogen-bond acceptors (Lipinski definition) is 6. The van der Waals surface area contributed by atoms with Crippen molar-refractivity contribution < 1.29 is 19.1 Å². The smallest absolute Gasteiger partial charge is 0.410 e. The minimum Gasteiger partial charge on any atom is -0.469 e. The monoisotopic (exact) mass is 541 g/mol. The van der Waals surface area contributed by atoms with Crippen LogP contribution in [0.25, 0.3) is 0 Å². The molecule has 13 heteroatoms. The van der Waals surface area contributed by atoms with Gasteiger partial charge in [0.05, 0.1) is 12.3 Å². The topological polar surface area (TPSA) is 104 Å². The first-order valence-corrected chi connectivity index (χ1v) is 10.5. The normalized spacial score (nSPS) is 14.0. The van der Waals surface area contributed by atoms with Crippen molar-refractivity contribution in [3.05, 3.63) is 18.7 Å². The van der Waals surface area contributed by atoms with Gasteiger partial charge in [-0.25, -0.2) is 9.59 Å². The van der Waals surface area contributed by atoms with Crippen LogP contribution in [0, 0.1) is 16.7 Å². The van der Waals surface area contributed by atoms with Crippen LogP contribution in [-0.4, -0.2) is 60.9 Å². The van der Waals surface area contributed by atoms with Gasteiger partial charge in [0.2, 0.25) is 9.69 Å². The number of rotatable bonds is 8. The van der Waals surface area contributed by atoms with Crippen LogP contribution in [0.3, 0.4) is 0 Å². The minimum atomic E-state index is -2.13. The van der Waals surface area contributed by atoms with E-state index in [1.807, 2.05) is 0 Å². The second kappa shape index (κ2) is 11.8. The lowest BCUT2D eigenvalue weighted by Gasteiger charge is -2.32. The molecule has 170 valence electrons. The van der Waals surface area contributed by atoms with E-state index >= 15 is 0 Å². The van der Waals surface area contributed by atoms with E-state index in [-0.39, 0.29) is 13.1 Å². The van der Waals surface area contributed by atoms with Gasteiger partial charge in [0.25, 0.3) is 3.79 Å². The number of hydrogen-bond donors (Lipinski definition) is 2. The molecule has 0 saturated carbocycles. The molecule has 0 aromatic rings. The summed E-state index contributed by atoms with van der Waals surface area (Å²) in [5.41, 5.74) is -1.32. The summed E-state index contributed by atoms with van der Waals surface area (Å²) in [6, 6.07) is 0. The van der Waals surface area contributed by atoms with E-state index in [4.69, 9.17) is 89.9 Å². The van der Waals surface area contributed by atoms with E-state index < -0.39 is 42.9 Å². The third kappa shape index (κ3) is 11.1. The number of halogens is 6. The lowest BCUT2D eigenvalue weighted by molar-refractivity contribution is 0.0180. The maximum atomic E-state index is 12.7. The Bertz CT molecular complexity index is 706. The van der Waals surface area contributed by atoms with Gasteiger partial charge in [-0.15, -0.1) is 0 Å². The van der Waals surface area contributed by atoms with Crippen LogP contribution >= 0.6 is 69.6 Å². The second-order valence-corrected chi connectivity index (χ2v) is 11.5. The molecule has 0 heterocycles. The van der Waals surface area contributed by atoms with E-state index in [0.29, 0.717) is 0 Å². The molecule has 1 amide bonds. The Kier molecular flexibility index (Phi) is 11.6. The highest BCUT2D eigenvalue weighted by Crippen LogP contribution is 2.32. The third-order valence-corrected chi connectivity index (χ3v) is 4.33. The summed E-state index contributed by atoms with van der Waals surface area (Å²) in [5, 5.41) is 15.7. The molecule has 0 spiro atoms. The van der Waals surface area contributed by atoms with Crippen molar-refractivity contribution in [3.63, 3.8) is 0 Å². The predicted octanol–water partition coefficient (Wildman–Crippen LogP) is 5.54. The highest BCUT2D eigenvalue weighted by molar-refractivity contribution is 6.77. The van der Waals surface area contributed by atoms with Crippen LogP contribution in [0.2, 0.25) is 0 Å². The number of carbonyl (C=O) groups is 1. The molecule has 0 aromatic heterocycles. The molecule has 0 aliphatic rings. The van der Waals surface area contributed by atoms with Gasteiger partial charge in [-0.1, -0.05) is 76.2 Å². The summed E-state index contributed by atoms with van der Waals surface area (Å²) in [6.45, 7) is 7.97. The minimum absolute atomic E-state index is 0.238. The Morgan fingerprint density at radius 3 is 2.00 bits per heavy atom. The molecule has 0 fully saturated rings. The molecule has 0 aliphatic heterocycles. The molecular formula is C17H21Cl6N3O4. The first kappa shape index (κ1) is 29.3. The molecule has 0 aromatic carbocycles. The van der Waals surface area contributed by atoms with E-state index in [9.17, 15) is 9.59 Å². The van der Waals surface area contributed by atoms with Gasteiger partial charge in [0, 0.05) is 18.5 Å². The SMILES string of the molecule is C=CC(CN(CC(C=C=O)C(=N)C(Cl)(Cl)Cl)C(=O)OC(C)(C)C)OC(=N)C(Cl)(Cl)Cl. The first-order chi connectivity index (χ1) is 13.4. The molecule has 30 heavy (non-hydrogen) atoms. The summed E-state index contributed by atoms with van der Waals surface area (Å²) >= 11 is 34.1. The van der Waals surface area contributed by atoms with Crippen LogP contribution in [-0.2, 0) is 14.3 Å². The first-order valence-electron chi connectivity index (χ1n) is 8.22. The van der Waals surface area contributed by atoms with E-state index in [2.05, 4.69) is 6.58 Å². The molecule has 0 radical (unpaired) electrons. The Morgan fingerprint density at radius 1 is 1.10 bits per heavy atom. The van der Waals surface area contributed by atoms with Gasteiger partial charge in [0.1, 0.15) is 17.6 Å². The van der Waals surface area contributed by atoms with Crippen LogP contribution in [0.5, 0.6) is 0 Å². The van der Waals surface area contributed by atoms with Crippen molar-refractivity contribution in [1.29, 1.82) is 10.8 Å². The number of nitrogens with zero attached hydrogens (tertiary/aromatic N) is 1. The molecule has 0 bridgehead atoms. The van der Waals surface area contributed by atoms with Crippen LogP contribution in [0.4, 0.5) is 4.79 Å². The Balaban J connectivity index is 5.82. The molecule has 0 saturated heterocycles. The predicted molar refractivity (Wildman–Crippen MR) is 123 cm³/mol. The number of carbonyl (C=O) groups excluding carboxylic acids is 2. The highest BCUT2D eigenvalue weighted by Gasteiger charge is 2.36. The Morgan fingerprint density at radius 2 is 1.63 bits per heavy atom. The molecular weight excluding hydrogens is 523 g/mol. The summed E-state index contributed by atoms with van der Waals surface area (Å²) in [7, 11) is 0. The summed E-state index contributed by atoms with van der Waals surface area (Å²) in [5.74, 6) is -0.267. The van der Waals surface area contributed by atoms with E-state index in [1.165, 1.54) is 12.0 Å². The Labute approximate surface area is 205 Å². The van der Waals surface area contributed by atoms with Crippen LogP contribution < -0.4 is 0 Å². The second-order valence-electron chi connectivity index (χ2n) is 6.91. The summed E-state index contributed by atoms with van der Waals surface area (Å²) in [4.78, 5) is 24.7. The number of amides is 1. The van der Waals surface area contributed by atoms with E-state index in [1.54, 1.807) is 20.8 Å². The van der Waals surface area contributed by atoms with Gasteiger partial charge in [-0.2, -0.15) is 0 Å². The zero-order chi connectivity index (χ0) is 23.9. The highest BCUT2D eigenvalue weighted by atomic mass is 35.6. The fourth-order valence-electron chi connectivity index (χ4n) is 1.90. The average molecular weight is 544 g/mol. The van der Waals surface area contributed by atoms with Crippen LogP contribution in [0.15, 0.2) is 18.7 Å². The van der Waals surface area contributed by atoms with Crippen molar-refractivity contribution >= 4 is 93.2 Å². The van der Waals surface area contributed by atoms with Gasteiger partial charge >= 0.3 is 6.09 Å². The van der Waals surface area contributed by atoms with Gasteiger partial charge in [0.15, 0.2) is 0 Å². The van der Waals surface area contributed by atoms with Crippen molar-refractivity contribution in [1.82, 2.24) is 4.90 Å². The molecule has 0 aliphatic carbocycles. The number of nitrogens with one attached hydrogen (secondary N) is 2. The standard InChI is InChI=1S/C17H21Cl6N3O4/c1-5-11(29-13(25)17(21,22)23)9-26(14(28)30-15(2,3)4)8-10(6-7-27)12(24)16(18,19)20/h5-6,10-11,24-25H,1,8-9H2,2-4H3. The fourth-order valence-corrected chi connectivity index (χ4v) is 2.46. The third-order valence-electron chi connectivity index (χ3n) is 3.20. The average Bonchev–Trinajstić information content (AvgIpc) is 2.55.